The topological polar surface area (TPSA) is 42.7 Å². The van der Waals surface area contributed by atoms with Crippen LogP contribution >= 0.6 is 23.2 Å². The van der Waals surface area contributed by atoms with Crippen molar-refractivity contribution in [3.05, 3.63) is 64.9 Å². The van der Waals surface area contributed by atoms with Gasteiger partial charge < -0.3 is 5.32 Å². The number of para-hydroxylation sites is 1. The summed E-state index contributed by atoms with van der Waals surface area (Å²) in [6.07, 6.45) is 1.46. The van der Waals surface area contributed by atoms with Gasteiger partial charge in [0.05, 0.1) is 15.7 Å². The van der Waals surface area contributed by atoms with Crippen molar-refractivity contribution in [2.75, 3.05) is 5.32 Å². The maximum atomic E-state index is 6.21. The summed E-state index contributed by atoms with van der Waals surface area (Å²) in [5, 5.41) is 8.29. The molecular weight excluding hydrogens is 295 g/mol. The lowest BCUT2D eigenvalue weighted by Crippen LogP contribution is -2.04. The number of hydrogen-bond acceptors (Lipinski definition) is 3. The molecule has 0 saturated carbocycles. The lowest BCUT2D eigenvalue weighted by molar-refractivity contribution is 0.887. The van der Waals surface area contributed by atoms with Gasteiger partial charge in [-0.3, -0.25) is 0 Å². The Balaban J connectivity index is 2.00. The molecule has 0 saturated heterocycles. The lowest BCUT2D eigenvalue weighted by atomic mass is 10.3. The summed E-state index contributed by atoms with van der Waals surface area (Å²) in [5.41, 5.74) is 1.59. The van der Waals surface area contributed by atoms with Gasteiger partial charge in [0.15, 0.2) is 0 Å². The quantitative estimate of drug-likeness (QED) is 0.783. The second kappa shape index (κ2) is 5.53. The third kappa shape index (κ3) is 2.48. The van der Waals surface area contributed by atoms with Gasteiger partial charge in [0.25, 0.3) is 0 Å². The Hall–Kier alpha value is -2.04. The first kappa shape index (κ1) is 13.0. The summed E-state index contributed by atoms with van der Waals surface area (Å²) in [6.45, 7) is 0. The van der Waals surface area contributed by atoms with Crippen molar-refractivity contribution in [3.63, 3.8) is 0 Å². The van der Waals surface area contributed by atoms with Crippen LogP contribution in [0.5, 0.6) is 0 Å². The first-order valence-electron chi connectivity index (χ1n) is 5.92. The van der Waals surface area contributed by atoms with E-state index in [-0.39, 0.29) is 0 Å². The number of anilines is 2. The third-order valence-corrected chi connectivity index (χ3v) is 3.55. The molecule has 0 aliphatic heterocycles. The van der Waals surface area contributed by atoms with Crippen LogP contribution in [-0.2, 0) is 0 Å². The average molecular weight is 305 g/mol. The van der Waals surface area contributed by atoms with Crippen LogP contribution in [0, 0.1) is 0 Å². The number of hydrogen-bond donors (Lipinski definition) is 1. The Bertz CT molecular complexity index is 725. The van der Waals surface area contributed by atoms with E-state index in [0.29, 0.717) is 21.7 Å². The molecule has 0 aliphatic carbocycles. The van der Waals surface area contributed by atoms with Crippen molar-refractivity contribution >= 4 is 34.8 Å². The zero-order chi connectivity index (χ0) is 13.9. The Labute approximate surface area is 126 Å². The Morgan fingerprint density at radius 1 is 0.950 bits per heavy atom. The first-order chi connectivity index (χ1) is 9.75. The predicted octanol–water partition coefficient (Wildman–Crippen LogP) is 4.32. The summed E-state index contributed by atoms with van der Waals surface area (Å²) < 4.78 is 1.61. The molecule has 0 bridgehead atoms. The molecule has 0 amide bonds. The fraction of sp³-hybridized carbons (Fsp3) is 0. The molecule has 1 heterocycles. The zero-order valence-electron chi connectivity index (χ0n) is 10.3. The van der Waals surface area contributed by atoms with Gasteiger partial charge in [0.2, 0.25) is 5.95 Å². The van der Waals surface area contributed by atoms with Gasteiger partial charge in [-0.25, -0.2) is 0 Å². The highest BCUT2D eigenvalue weighted by Gasteiger charge is 2.12. The van der Waals surface area contributed by atoms with Crippen LogP contribution in [0.1, 0.15) is 0 Å². The minimum atomic E-state index is 0.441. The fourth-order valence-corrected chi connectivity index (χ4v) is 2.19. The number of halogens is 2. The van der Waals surface area contributed by atoms with E-state index in [9.17, 15) is 0 Å². The van der Waals surface area contributed by atoms with E-state index >= 15 is 0 Å². The van der Waals surface area contributed by atoms with E-state index in [1.54, 1.807) is 10.7 Å². The van der Waals surface area contributed by atoms with Gasteiger partial charge in [-0.05, 0) is 24.3 Å². The zero-order valence-corrected chi connectivity index (χ0v) is 11.8. The maximum Gasteiger partial charge on any atom is 0.230 e. The van der Waals surface area contributed by atoms with Gasteiger partial charge >= 0.3 is 0 Å². The van der Waals surface area contributed by atoms with Gasteiger partial charge in [-0.2, -0.15) is 14.8 Å². The maximum absolute atomic E-state index is 6.21. The molecule has 0 aliphatic rings. The average Bonchev–Trinajstić information content (AvgIpc) is 2.91. The Morgan fingerprint density at radius 2 is 1.75 bits per heavy atom. The van der Waals surface area contributed by atoms with Gasteiger partial charge in [-0.1, -0.05) is 47.5 Å². The van der Waals surface area contributed by atoms with Crippen LogP contribution in [0.4, 0.5) is 11.6 Å². The summed E-state index contributed by atoms with van der Waals surface area (Å²) in [4.78, 5) is 4.20. The summed E-state index contributed by atoms with van der Waals surface area (Å²) in [5.74, 6) is 0.570. The first-order valence-corrected chi connectivity index (χ1v) is 6.68. The molecule has 3 aromatic rings. The highest BCUT2D eigenvalue weighted by molar-refractivity contribution is 6.43. The molecule has 1 N–H and O–H groups in total. The molecule has 1 aromatic heterocycles. The smallest absolute Gasteiger partial charge is 0.230 e. The van der Waals surface area contributed by atoms with Crippen LogP contribution in [0.2, 0.25) is 10.0 Å². The van der Waals surface area contributed by atoms with Crippen LogP contribution in [0.25, 0.3) is 5.69 Å². The van der Waals surface area contributed by atoms with Crippen LogP contribution in [-0.4, -0.2) is 14.8 Å². The SMILES string of the molecule is Clc1cccc(-n2ncnc2Nc2ccccc2)c1Cl. The van der Waals surface area contributed by atoms with Gasteiger partial charge in [0, 0.05) is 5.69 Å². The Morgan fingerprint density at radius 3 is 2.55 bits per heavy atom. The van der Waals surface area contributed by atoms with E-state index in [0.717, 1.165) is 5.69 Å². The van der Waals surface area contributed by atoms with Crippen molar-refractivity contribution in [1.82, 2.24) is 14.8 Å². The molecule has 4 nitrogen and oxygen atoms in total. The van der Waals surface area contributed by atoms with Gasteiger partial charge in [-0.15, -0.1) is 0 Å². The summed E-state index contributed by atoms with van der Waals surface area (Å²) in [6, 6.07) is 15.1. The van der Waals surface area contributed by atoms with E-state index in [4.69, 9.17) is 23.2 Å². The molecule has 2 aromatic carbocycles. The monoisotopic (exact) mass is 304 g/mol. The predicted molar refractivity (Wildman–Crippen MR) is 81.1 cm³/mol. The molecule has 3 rings (SSSR count). The highest BCUT2D eigenvalue weighted by Crippen LogP contribution is 2.29. The van der Waals surface area contributed by atoms with Crippen molar-refractivity contribution in [2.45, 2.75) is 0 Å². The molecule has 0 unspecified atom stereocenters. The fourth-order valence-electron chi connectivity index (χ4n) is 1.81. The van der Waals surface area contributed by atoms with E-state index in [1.807, 2.05) is 42.5 Å². The number of benzene rings is 2. The van der Waals surface area contributed by atoms with Crippen LogP contribution in [0.15, 0.2) is 54.9 Å². The standard InChI is InChI=1S/C14H10Cl2N4/c15-11-7-4-8-12(13(11)16)20-14(17-9-18-20)19-10-5-2-1-3-6-10/h1-9H,(H,17,18,19). The number of aromatic nitrogens is 3. The summed E-state index contributed by atoms with van der Waals surface area (Å²) in [7, 11) is 0. The molecule has 6 heteroatoms. The Kier molecular flexibility index (Phi) is 3.58. The number of rotatable bonds is 3. The van der Waals surface area contributed by atoms with Gasteiger partial charge in [0.1, 0.15) is 6.33 Å². The van der Waals surface area contributed by atoms with Crippen LogP contribution in [0.3, 0.4) is 0 Å². The summed E-state index contributed by atoms with van der Waals surface area (Å²) >= 11 is 12.2. The molecular formula is C14H10Cl2N4. The van der Waals surface area contributed by atoms with Crippen molar-refractivity contribution in [3.8, 4) is 5.69 Å². The highest BCUT2D eigenvalue weighted by atomic mass is 35.5. The molecule has 0 fully saturated rings. The van der Waals surface area contributed by atoms with Crippen LogP contribution < -0.4 is 5.32 Å². The van der Waals surface area contributed by atoms with E-state index in [2.05, 4.69) is 15.4 Å². The van der Waals surface area contributed by atoms with E-state index < -0.39 is 0 Å². The largest absolute Gasteiger partial charge is 0.324 e. The minimum absolute atomic E-state index is 0.441. The molecule has 0 spiro atoms. The molecule has 0 radical (unpaired) electrons. The second-order valence-electron chi connectivity index (χ2n) is 4.06. The normalized spacial score (nSPS) is 10.5. The third-order valence-electron chi connectivity index (χ3n) is 2.74. The van der Waals surface area contributed by atoms with Crippen molar-refractivity contribution < 1.29 is 0 Å². The molecule has 20 heavy (non-hydrogen) atoms. The lowest BCUT2D eigenvalue weighted by Gasteiger charge is -2.10. The molecule has 0 atom stereocenters. The number of nitrogens with one attached hydrogen (secondary N) is 1. The van der Waals surface area contributed by atoms with E-state index in [1.165, 1.54) is 6.33 Å². The molecule has 100 valence electrons. The second-order valence-corrected chi connectivity index (χ2v) is 4.84. The van der Waals surface area contributed by atoms with Crippen molar-refractivity contribution in [2.24, 2.45) is 0 Å². The van der Waals surface area contributed by atoms with Crippen molar-refractivity contribution in [1.29, 1.82) is 0 Å². The minimum Gasteiger partial charge on any atom is -0.324 e. The number of nitrogens with zero attached hydrogens (tertiary/aromatic N) is 3.